The minimum atomic E-state index is -4.84. The van der Waals surface area contributed by atoms with Gasteiger partial charge >= 0.3 is 12.3 Å². The summed E-state index contributed by atoms with van der Waals surface area (Å²) in [6, 6.07) is 2.33. The highest BCUT2D eigenvalue weighted by Crippen LogP contribution is 2.33. The lowest BCUT2D eigenvalue weighted by molar-refractivity contribution is -0.140. The third kappa shape index (κ3) is 5.83. The molecule has 2 amide bonds. The molecule has 0 radical (unpaired) electrons. The van der Waals surface area contributed by atoms with Crippen LogP contribution in [0.5, 0.6) is 0 Å². The van der Waals surface area contributed by atoms with Gasteiger partial charge in [0.25, 0.3) is 0 Å². The molecule has 27 heavy (non-hydrogen) atoms. The minimum absolute atomic E-state index is 0.118. The van der Waals surface area contributed by atoms with Gasteiger partial charge in [-0.25, -0.2) is 9.18 Å². The lowest BCUT2D eigenvalue weighted by Gasteiger charge is -2.30. The number of ether oxygens (including phenoxy) is 1. The molecule has 150 valence electrons. The fourth-order valence-electron chi connectivity index (χ4n) is 2.72. The fourth-order valence-corrected chi connectivity index (χ4v) is 2.72. The van der Waals surface area contributed by atoms with Crippen LogP contribution >= 0.6 is 0 Å². The summed E-state index contributed by atoms with van der Waals surface area (Å²) in [5, 5.41) is 2.40. The summed E-state index contributed by atoms with van der Waals surface area (Å²) in [4.78, 5) is 25.7. The highest BCUT2D eigenvalue weighted by Gasteiger charge is 2.34. The molecule has 1 N–H and O–H groups in total. The van der Waals surface area contributed by atoms with Crippen molar-refractivity contribution in [2.75, 3.05) is 25.0 Å². The average Bonchev–Trinajstić information content (AvgIpc) is 2.60. The first-order valence-corrected chi connectivity index (χ1v) is 8.67. The van der Waals surface area contributed by atoms with Crippen molar-refractivity contribution in [1.29, 1.82) is 0 Å². The average molecular weight is 390 g/mol. The highest BCUT2D eigenvalue weighted by atomic mass is 19.4. The summed E-state index contributed by atoms with van der Waals surface area (Å²) in [6.07, 6.45) is -4.53. The second kappa shape index (κ2) is 8.58. The van der Waals surface area contributed by atoms with Gasteiger partial charge in [0.05, 0.1) is 12.2 Å². The Kier molecular flexibility index (Phi) is 6.67. The van der Waals surface area contributed by atoms with Crippen molar-refractivity contribution in [1.82, 2.24) is 4.90 Å². The molecule has 0 unspecified atom stereocenters. The van der Waals surface area contributed by atoms with E-state index in [1.807, 2.05) is 13.8 Å². The van der Waals surface area contributed by atoms with Crippen LogP contribution in [0.4, 0.5) is 28.0 Å². The summed E-state index contributed by atoms with van der Waals surface area (Å²) >= 11 is 0. The van der Waals surface area contributed by atoms with Crippen molar-refractivity contribution >= 4 is 17.7 Å². The number of hydrogen-bond donors (Lipinski definition) is 1. The molecule has 0 bridgehead atoms. The monoisotopic (exact) mass is 390 g/mol. The van der Waals surface area contributed by atoms with E-state index < -0.39 is 35.5 Å². The van der Waals surface area contributed by atoms with Gasteiger partial charge in [0, 0.05) is 24.7 Å². The Morgan fingerprint density at radius 3 is 2.44 bits per heavy atom. The number of benzene rings is 1. The highest BCUT2D eigenvalue weighted by molar-refractivity contribution is 5.92. The van der Waals surface area contributed by atoms with Gasteiger partial charge in [-0.3, -0.25) is 4.79 Å². The molecule has 0 saturated carbocycles. The van der Waals surface area contributed by atoms with E-state index in [0.29, 0.717) is 44.7 Å². The number of nitrogens with zero attached hydrogens (tertiary/aromatic N) is 1. The fraction of sp³-hybridized carbons (Fsp3) is 0.556. The van der Waals surface area contributed by atoms with Crippen LogP contribution in [-0.2, 0) is 15.7 Å². The second-order valence-corrected chi connectivity index (χ2v) is 6.91. The standard InChI is InChI=1S/C18H22F4N2O3/c1-11(2)10-27-17(26)24-7-5-12(6-8-24)16(25)23-13-3-4-15(19)14(9-13)18(20,21)22/h3-4,9,11-12H,5-8,10H2,1-2H3,(H,23,25). The molecule has 1 saturated heterocycles. The number of hydrogen-bond acceptors (Lipinski definition) is 3. The van der Waals surface area contributed by atoms with Crippen LogP contribution in [0.25, 0.3) is 0 Å². The van der Waals surface area contributed by atoms with Crippen LogP contribution in [0, 0.1) is 17.7 Å². The van der Waals surface area contributed by atoms with Gasteiger partial charge in [0.15, 0.2) is 0 Å². The Labute approximate surface area is 154 Å². The number of piperidine rings is 1. The molecule has 1 aliphatic heterocycles. The van der Waals surface area contributed by atoms with Crippen molar-refractivity contribution in [2.45, 2.75) is 32.9 Å². The van der Waals surface area contributed by atoms with E-state index >= 15 is 0 Å². The zero-order chi connectivity index (χ0) is 20.2. The molecule has 1 aromatic rings. The van der Waals surface area contributed by atoms with Gasteiger partial charge in [-0.2, -0.15) is 13.2 Å². The molecule has 9 heteroatoms. The van der Waals surface area contributed by atoms with Crippen molar-refractivity contribution in [3.05, 3.63) is 29.6 Å². The maximum atomic E-state index is 13.3. The molecular formula is C18H22F4N2O3. The molecule has 0 aliphatic carbocycles. The van der Waals surface area contributed by atoms with Gasteiger partial charge in [0.2, 0.25) is 5.91 Å². The molecule has 1 heterocycles. The minimum Gasteiger partial charge on any atom is -0.449 e. The molecule has 0 spiro atoms. The third-order valence-electron chi connectivity index (χ3n) is 4.20. The zero-order valence-electron chi connectivity index (χ0n) is 15.1. The van der Waals surface area contributed by atoms with Crippen LogP contribution in [0.1, 0.15) is 32.3 Å². The zero-order valence-corrected chi connectivity index (χ0v) is 15.1. The topological polar surface area (TPSA) is 58.6 Å². The summed E-state index contributed by atoms with van der Waals surface area (Å²) < 4.78 is 56.7. The van der Waals surface area contributed by atoms with Crippen molar-refractivity contribution in [3.63, 3.8) is 0 Å². The summed E-state index contributed by atoms with van der Waals surface area (Å²) in [5.41, 5.74) is -1.55. The van der Waals surface area contributed by atoms with Crippen LogP contribution in [-0.4, -0.2) is 36.6 Å². The molecule has 1 aromatic carbocycles. The second-order valence-electron chi connectivity index (χ2n) is 6.91. The lowest BCUT2D eigenvalue weighted by atomic mass is 9.96. The van der Waals surface area contributed by atoms with Crippen molar-refractivity contribution < 1.29 is 31.9 Å². The van der Waals surface area contributed by atoms with Gasteiger partial charge in [-0.15, -0.1) is 0 Å². The Hall–Kier alpha value is -2.32. The van der Waals surface area contributed by atoms with Gasteiger partial charge in [-0.05, 0) is 37.0 Å². The van der Waals surface area contributed by atoms with Crippen molar-refractivity contribution in [3.8, 4) is 0 Å². The first kappa shape index (κ1) is 21.0. The molecular weight excluding hydrogens is 368 g/mol. The molecule has 0 aromatic heterocycles. The molecule has 5 nitrogen and oxygen atoms in total. The maximum Gasteiger partial charge on any atom is 0.419 e. The SMILES string of the molecule is CC(C)COC(=O)N1CCC(C(=O)Nc2ccc(F)c(C(F)(F)F)c2)CC1. The predicted molar refractivity (Wildman–Crippen MR) is 90.5 cm³/mol. The normalized spacial score (nSPS) is 15.7. The van der Waals surface area contributed by atoms with Gasteiger partial charge in [-0.1, -0.05) is 13.8 Å². The number of amides is 2. The number of likely N-dealkylation sites (tertiary alicyclic amines) is 1. The molecule has 2 rings (SSSR count). The van der Waals surface area contributed by atoms with Crippen LogP contribution in [0.2, 0.25) is 0 Å². The number of rotatable bonds is 4. The number of alkyl halides is 3. The van der Waals surface area contributed by atoms with Crippen LogP contribution < -0.4 is 5.32 Å². The van der Waals surface area contributed by atoms with E-state index in [4.69, 9.17) is 4.74 Å². The van der Waals surface area contributed by atoms with E-state index in [1.165, 1.54) is 4.90 Å². The summed E-state index contributed by atoms with van der Waals surface area (Å²) in [7, 11) is 0. The largest absolute Gasteiger partial charge is 0.449 e. The Morgan fingerprint density at radius 2 is 1.89 bits per heavy atom. The number of carbonyl (C=O) groups excluding carboxylic acids is 2. The van der Waals surface area contributed by atoms with Crippen molar-refractivity contribution in [2.24, 2.45) is 11.8 Å². The lowest BCUT2D eigenvalue weighted by Crippen LogP contribution is -2.42. The van der Waals surface area contributed by atoms with E-state index in [-0.39, 0.29) is 11.6 Å². The molecule has 1 fully saturated rings. The number of halogens is 4. The van der Waals surface area contributed by atoms with Gasteiger partial charge in [0.1, 0.15) is 5.82 Å². The maximum absolute atomic E-state index is 13.3. The third-order valence-corrected chi connectivity index (χ3v) is 4.20. The van der Waals surface area contributed by atoms with Crippen LogP contribution in [0.15, 0.2) is 18.2 Å². The Bertz CT molecular complexity index is 684. The summed E-state index contributed by atoms with van der Waals surface area (Å²) in [6.45, 7) is 4.80. The number of nitrogens with one attached hydrogen (secondary N) is 1. The van der Waals surface area contributed by atoms with E-state index in [1.54, 1.807) is 0 Å². The Morgan fingerprint density at radius 1 is 1.26 bits per heavy atom. The van der Waals surface area contributed by atoms with E-state index in [0.717, 1.165) is 6.07 Å². The predicted octanol–water partition coefficient (Wildman–Crippen LogP) is 4.29. The molecule has 1 aliphatic rings. The quantitative estimate of drug-likeness (QED) is 0.781. The Balaban J connectivity index is 1.90. The molecule has 0 atom stereocenters. The van der Waals surface area contributed by atoms with Crippen LogP contribution in [0.3, 0.4) is 0 Å². The van der Waals surface area contributed by atoms with E-state index in [9.17, 15) is 27.2 Å². The number of anilines is 1. The van der Waals surface area contributed by atoms with Gasteiger partial charge < -0.3 is 15.0 Å². The van der Waals surface area contributed by atoms with E-state index in [2.05, 4.69) is 5.32 Å². The number of carbonyl (C=O) groups is 2. The summed E-state index contributed by atoms with van der Waals surface area (Å²) in [5.74, 6) is -2.08. The first-order valence-electron chi connectivity index (χ1n) is 8.67. The first-order chi connectivity index (χ1) is 12.6. The smallest absolute Gasteiger partial charge is 0.419 e.